The summed E-state index contributed by atoms with van der Waals surface area (Å²) in [6.45, 7) is 2.45. The van der Waals surface area contributed by atoms with Gasteiger partial charge in [-0.25, -0.2) is 13.1 Å². The van der Waals surface area contributed by atoms with Crippen molar-refractivity contribution in [3.8, 4) is 0 Å². The molecule has 0 saturated heterocycles. The molecule has 0 bridgehead atoms. The summed E-state index contributed by atoms with van der Waals surface area (Å²) in [7, 11) is -3.03. The molecule has 0 aromatic heterocycles. The second-order valence-corrected chi connectivity index (χ2v) is 8.88. The van der Waals surface area contributed by atoms with Crippen LogP contribution in [0, 0.1) is 0 Å². The number of carboxylic acids is 1. The number of rotatable bonds is 19. The van der Waals surface area contributed by atoms with Gasteiger partial charge in [0.15, 0.2) is 0 Å². The van der Waals surface area contributed by atoms with Crippen molar-refractivity contribution in [2.75, 3.05) is 12.3 Å². The fraction of sp³-hybridized carbons (Fsp3) is 0.947. The summed E-state index contributed by atoms with van der Waals surface area (Å²) in [6, 6.07) is 0. The van der Waals surface area contributed by atoms with Crippen LogP contribution in [0.4, 0.5) is 0 Å². The van der Waals surface area contributed by atoms with Crippen molar-refractivity contribution in [2.45, 2.75) is 103 Å². The van der Waals surface area contributed by atoms with Crippen LogP contribution in [0.25, 0.3) is 0 Å². The van der Waals surface area contributed by atoms with Crippen molar-refractivity contribution in [1.29, 1.82) is 0 Å². The van der Waals surface area contributed by atoms with Crippen molar-refractivity contribution >= 4 is 16.0 Å². The van der Waals surface area contributed by atoms with E-state index in [1.807, 2.05) is 6.92 Å². The van der Waals surface area contributed by atoms with Gasteiger partial charge in [0.2, 0.25) is 10.0 Å². The minimum atomic E-state index is -3.03. The van der Waals surface area contributed by atoms with E-state index < -0.39 is 16.0 Å². The molecule has 0 aliphatic rings. The van der Waals surface area contributed by atoms with Gasteiger partial charge < -0.3 is 5.11 Å². The van der Waals surface area contributed by atoms with E-state index in [2.05, 4.69) is 4.72 Å². The van der Waals surface area contributed by atoms with Gasteiger partial charge in [-0.1, -0.05) is 77.6 Å². The molecule has 0 amide bonds. The lowest BCUT2D eigenvalue weighted by molar-refractivity contribution is -0.137. The number of hydrogen-bond acceptors (Lipinski definition) is 3. The van der Waals surface area contributed by atoms with Gasteiger partial charge in [0.1, 0.15) is 0 Å². The molecule has 0 radical (unpaired) electrons. The summed E-state index contributed by atoms with van der Waals surface area (Å²) in [5, 5.41) is 8.54. The minimum Gasteiger partial charge on any atom is -0.481 e. The van der Waals surface area contributed by atoms with E-state index in [1.54, 1.807) is 0 Å². The highest BCUT2D eigenvalue weighted by Crippen LogP contribution is 2.12. The second-order valence-electron chi connectivity index (χ2n) is 6.95. The molecule has 0 aliphatic heterocycles. The molecule has 0 heterocycles. The Hall–Kier alpha value is -0.620. The summed E-state index contributed by atoms with van der Waals surface area (Å²) in [6.07, 6.45) is 16.1. The maximum atomic E-state index is 11.5. The molecular formula is C19H39NO4S. The third kappa shape index (κ3) is 19.6. The smallest absolute Gasteiger partial charge is 0.303 e. The zero-order chi connectivity index (χ0) is 18.8. The van der Waals surface area contributed by atoms with Gasteiger partial charge in [-0.15, -0.1) is 0 Å². The molecule has 0 atom stereocenters. The molecule has 0 aliphatic carbocycles. The SMILES string of the molecule is CCCS(=O)(=O)NCCCCCCCCCCCCCCCC(=O)O. The van der Waals surface area contributed by atoms with Crippen LogP contribution in [0.3, 0.4) is 0 Å². The van der Waals surface area contributed by atoms with Gasteiger partial charge in [0.05, 0.1) is 5.75 Å². The summed E-state index contributed by atoms with van der Waals surface area (Å²) in [5.74, 6) is -0.451. The molecule has 0 saturated carbocycles. The Kier molecular flexibility index (Phi) is 16.4. The average Bonchev–Trinajstić information content (AvgIpc) is 2.54. The maximum absolute atomic E-state index is 11.5. The summed E-state index contributed by atoms with van der Waals surface area (Å²) in [4.78, 5) is 10.4. The van der Waals surface area contributed by atoms with Gasteiger partial charge in [0, 0.05) is 13.0 Å². The third-order valence-electron chi connectivity index (χ3n) is 4.36. The van der Waals surface area contributed by atoms with Gasteiger partial charge in [-0.05, 0) is 19.3 Å². The number of aliphatic carboxylic acids is 1. The Morgan fingerprint density at radius 2 is 1.16 bits per heavy atom. The van der Waals surface area contributed by atoms with E-state index in [0.29, 0.717) is 19.4 Å². The van der Waals surface area contributed by atoms with E-state index >= 15 is 0 Å². The number of carboxylic acid groups (broad SMARTS) is 1. The van der Waals surface area contributed by atoms with E-state index in [4.69, 9.17) is 5.11 Å². The molecule has 2 N–H and O–H groups in total. The van der Waals surface area contributed by atoms with Gasteiger partial charge in [-0.2, -0.15) is 0 Å². The highest BCUT2D eigenvalue weighted by Gasteiger charge is 2.06. The van der Waals surface area contributed by atoms with Crippen LogP contribution in [-0.2, 0) is 14.8 Å². The van der Waals surface area contributed by atoms with Crippen LogP contribution in [0.2, 0.25) is 0 Å². The van der Waals surface area contributed by atoms with Crippen molar-refractivity contribution in [1.82, 2.24) is 4.72 Å². The predicted octanol–water partition coefficient (Wildman–Crippen LogP) is 4.86. The molecule has 0 aromatic carbocycles. The first-order chi connectivity index (χ1) is 12.0. The van der Waals surface area contributed by atoms with Crippen molar-refractivity contribution in [3.05, 3.63) is 0 Å². The maximum Gasteiger partial charge on any atom is 0.303 e. The number of hydrogen-bond donors (Lipinski definition) is 2. The Balaban J connectivity index is 3.15. The highest BCUT2D eigenvalue weighted by molar-refractivity contribution is 7.89. The van der Waals surface area contributed by atoms with Gasteiger partial charge >= 0.3 is 5.97 Å². The largest absolute Gasteiger partial charge is 0.481 e. The molecule has 5 nitrogen and oxygen atoms in total. The van der Waals surface area contributed by atoms with Crippen molar-refractivity contribution in [2.24, 2.45) is 0 Å². The monoisotopic (exact) mass is 377 g/mol. The Morgan fingerprint density at radius 1 is 0.760 bits per heavy atom. The van der Waals surface area contributed by atoms with Crippen LogP contribution in [-0.4, -0.2) is 31.8 Å². The highest BCUT2D eigenvalue weighted by atomic mass is 32.2. The number of sulfonamides is 1. The van der Waals surface area contributed by atoms with Crippen LogP contribution < -0.4 is 4.72 Å². The van der Waals surface area contributed by atoms with E-state index in [9.17, 15) is 13.2 Å². The first-order valence-electron chi connectivity index (χ1n) is 10.2. The fourth-order valence-corrected chi connectivity index (χ4v) is 4.05. The number of nitrogens with one attached hydrogen (secondary N) is 1. The lowest BCUT2D eigenvalue weighted by atomic mass is 10.0. The predicted molar refractivity (Wildman–Crippen MR) is 104 cm³/mol. The normalized spacial score (nSPS) is 11.7. The summed E-state index contributed by atoms with van der Waals surface area (Å²) < 4.78 is 25.6. The first-order valence-corrected chi connectivity index (χ1v) is 11.8. The molecule has 0 aromatic rings. The van der Waals surface area contributed by atoms with E-state index in [1.165, 1.54) is 51.4 Å². The number of unbranched alkanes of at least 4 members (excludes halogenated alkanes) is 12. The molecule has 150 valence electrons. The van der Waals surface area contributed by atoms with Crippen LogP contribution >= 0.6 is 0 Å². The fourth-order valence-electron chi connectivity index (χ4n) is 2.91. The second kappa shape index (κ2) is 16.8. The zero-order valence-electron chi connectivity index (χ0n) is 16.1. The Bertz CT molecular complexity index is 410. The molecule has 0 rings (SSSR count). The standard InChI is InChI=1S/C19H39NO4S/c1-2-18-25(23,24)20-17-15-13-11-9-7-5-3-4-6-8-10-12-14-16-19(21)22/h20H,2-18H2,1H3,(H,21,22). The summed E-state index contributed by atoms with van der Waals surface area (Å²) in [5.41, 5.74) is 0. The topological polar surface area (TPSA) is 83.5 Å². The van der Waals surface area contributed by atoms with Crippen molar-refractivity contribution < 1.29 is 18.3 Å². The molecule has 0 fully saturated rings. The van der Waals surface area contributed by atoms with Crippen LogP contribution in [0.5, 0.6) is 0 Å². The van der Waals surface area contributed by atoms with Crippen LogP contribution in [0.15, 0.2) is 0 Å². The van der Waals surface area contributed by atoms with Gasteiger partial charge in [-0.3, -0.25) is 4.79 Å². The quantitative estimate of drug-likeness (QED) is 0.315. The Morgan fingerprint density at radius 3 is 1.56 bits per heavy atom. The molecule has 6 heteroatoms. The Labute approximate surface area is 155 Å². The van der Waals surface area contributed by atoms with Crippen LogP contribution in [0.1, 0.15) is 103 Å². The zero-order valence-corrected chi connectivity index (χ0v) is 16.9. The first kappa shape index (κ1) is 24.4. The molecule has 0 spiro atoms. The summed E-state index contributed by atoms with van der Waals surface area (Å²) >= 11 is 0. The molecular weight excluding hydrogens is 338 g/mol. The van der Waals surface area contributed by atoms with E-state index in [0.717, 1.165) is 32.1 Å². The average molecular weight is 378 g/mol. The lowest BCUT2D eigenvalue weighted by Crippen LogP contribution is -2.27. The van der Waals surface area contributed by atoms with Crippen molar-refractivity contribution in [3.63, 3.8) is 0 Å². The minimum absolute atomic E-state index is 0.231. The molecule has 25 heavy (non-hydrogen) atoms. The third-order valence-corrected chi connectivity index (χ3v) is 5.95. The van der Waals surface area contributed by atoms with E-state index in [-0.39, 0.29) is 5.75 Å². The molecule has 0 unspecified atom stereocenters. The van der Waals surface area contributed by atoms with Gasteiger partial charge in [0.25, 0.3) is 0 Å². The lowest BCUT2D eigenvalue weighted by Gasteiger charge is -2.05. The number of carbonyl (C=O) groups is 1.